The summed E-state index contributed by atoms with van der Waals surface area (Å²) < 4.78 is 0. The van der Waals surface area contributed by atoms with Crippen LogP contribution in [0.15, 0.2) is 53.3 Å². The van der Waals surface area contributed by atoms with Gasteiger partial charge in [0, 0.05) is 35.0 Å². The molecule has 29 heavy (non-hydrogen) atoms. The number of para-hydroxylation sites is 1. The fraction of sp³-hybridized carbons (Fsp3) is 0.227. The maximum Gasteiger partial charge on any atom is 0.260 e. The summed E-state index contributed by atoms with van der Waals surface area (Å²) in [6.45, 7) is 5.51. The lowest BCUT2D eigenvalue weighted by Gasteiger charge is -2.18. The number of anilines is 3. The zero-order chi connectivity index (χ0) is 20.9. The van der Waals surface area contributed by atoms with Crippen LogP contribution >= 0.6 is 0 Å². The van der Waals surface area contributed by atoms with Crippen molar-refractivity contribution in [1.82, 2.24) is 0 Å². The summed E-state index contributed by atoms with van der Waals surface area (Å²) in [5.41, 5.74) is 4.10. The average molecular weight is 390 g/mol. The van der Waals surface area contributed by atoms with Gasteiger partial charge >= 0.3 is 0 Å². The second-order valence-corrected chi connectivity index (χ2v) is 8.17. The minimum Gasteiger partial charge on any atom is -0.410 e. The fourth-order valence-electron chi connectivity index (χ4n) is 3.47. The summed E-state index contributed by atoms with van der Waals surface area (Å²) in [5.74, 6) is -0.330. The quantitative estimate of drug-likeness (QED) is 0.393. The van der Waals surface area contributed by atoms with Gasteiger partial charge in [-0.3, -0.25) is 9.59 Å². The van der Waals surface area contributed by atoms with Gasteiger partial charge in [-0.1, -0.05) is 44.1 Å². The molecule has 0 saturated carbocycles. The Morgan fingerprint density at radius 2 is 1.86 bits per heavy atom. The minimum absolute atomic E-state index is 0.117. The lowest BCUT2D eigenvalue weighted by Crippen LogP contribution is -2.27. The molecule has 0 unspecified atom stereocenters. The molecule has 0 aliphatic carbocycles. The number of nitrogens with one attached hydrogen (secondary N) is 2. The van der Waals surface area contributed by atoms with Crippen molar-refractivity contribution < 1.29 is 14.8 Å². The molecule has 0 spiro atoms. The lowest BCUT2D eigenvalue weighted by molar-refractivity contribution is -0.123. The Hall–Kier alpha value is -3.61. The van der Waals surface area contributed by atoms with Gasteiger partial charge in [0.15, 0.2) is 0 Å². The number of benzene rings is 2. The van der Waals surface area contributed by atoms with Crippen LogP contribution in [0.1, 0.15) is 31.9 Å². The van der Waals surface area contributed by atoms with E-state index >= 15 is 0 Å². The molecule has 4 rings (SSSR count). The first-order valence-electron chi connectivity index (χ1n) is 9.29. The van der Waals surface area contributed by atoms with Crippen molar-refractivity contribution >= 4 is 40.2 Å². The van der Waals surface area contributed by atoms with Crippen LogP contribution in [0.4, 0.5) is 17.1 Å². The summed E-state index contributed by atoms with van der Waals surface area (Å²) >= 11 is 0. The van der Waals surface area contributed by atoms with Gasteiger partial charge in [0.2, 0.25) is 5.91 Å². The Bertz CT molecular complexity index is 1110. The average Bonchev–Trinajstić information content (AvgIpc) is 3.15. The number of oxime groups is 1. The molecule has 2 aromatic rings. The smallest absolute Gasteiger partial charge is 0.260 e. The molecule has 0 saturated heterocycles. The molecular formula is C22H22N4O3. The summed E-state index contributed by atoms with van der Waals surface area (Å²) in [6.07, 6.45) is 0. The molecule has 2 heterocycles. The van der Waals surface area contributed by atoms with Crippen LogP contribution in [0.5, 0.6) is 0 Å². The second-order valence-electron chi connectivity index (χ2n) is 8.17. The molecule has 0 fully saturated rings. The topological polar surface area (TPSA) is 94.0 Å². The van der Waals surface area contributed by atoms with Gasteiger partial charge in [-0.25, -0.2) is 0 Å². The van der Waals surface area contributed by atoms with E-state index in [4.69, 9.17) is 0 Å². The number of nitrogens with zero attached hydrogens (tertiary/aromatic N) is 2. The third-order valence-corrected chi connectivity index (χ3v) is 5.11. The molecule has 7 nitrogen and oxygen atoms in total. The minimum atomic E-state index is -0.543. The van der Waals surface area contributed by atoms with Crippen LogP contribution < -0.4 is 15.5 Å². The SMILES string of the molecule is CN1C(=O)/C(=C2\Nc3ccccc3\C2=N/O)c2cc(NC(=O)C(C)(C)C)ccc21. The van der Waals surface area contributed by atoms with E-state index in [0.717, 1.165) is 16.9 Å². The van der Waals surface area contributed by atoms with E-state index in [1.807, 2.05) is 45.0 Å². The van der Waals surface area contributed by atoms with Crippen molar-refractivity contribution in [2.24, 2.45) is 10.6 Å². The molecule has 0 atom stereocenters. The van der Waals surface area contributed by atoms with Crippen LogP contribution in [0, 0.1) is 5.41 Å². The highest BCUT2D eigenvalue weighted by Gasteiger charge is 2.37. The van der Waals surface area contributed by atoms with E-state index < -0.39 is 5.41 Å². The van der Waals surface area contributed by atoms with E-state index in [9.17, 15) is 14.8 Å². The Morgan fingerprint density at radius 1 is 1.14 bits per heavy atom. The number of carbonyl (C=O) groups is 2. The maximum absolute atomic E-state index is 13.1. The number of fused-ring (bicyclic) bond motifs is 2. The number of hydrogen-bond donors (Lipinski definition) is 3. The molecule has 0 bridgehead atoms. The number of hydrogen-bond acceptors (Lipinski definition) is 5. The van der Waals surface area contributed by atoms with Crippen LogP contribution in [-0.2, 0) is 9.59 Å². The third kappa shape index (κ3) is 2.95. The van der Waals surface area contributed by atoms with Gasteiger partial charge in [-0.2, -0.15) is 0 Å². The molecule has 148 valence electrons. The number of amides is 2. The van der Waals surface area contributed by atoms with Crippen molar-refractivity contribution in [3.05, 3.63) is 59.3 Å². The zero-order valence-corrected chi connectivity index (χ0v) is 16.7. The third-order valence-electron chi connectivity index (χ3n) is 5.11. The summed E-state index contributed by atoms with van der Waals surface area (Å²) in [4.78, 5) is 27.0. The number of rotatable bonds is 1. The standard InChI is InChI=1S/C22H22N4O3/c1-22(2,3)21(28)23-12-9-10-16-14(11-12)17(20(27)26(16)4)19-18(25-29)13-7-5-6-8-15(13)24-19/h5-11,24,29H,1-4H3,(H,23,28)/b19-17-,25-18+. The molecular weight excluding hydrogens is 368 g/mol. The van der Waals surface area contributed by atoms with Crippen molar-refractivity contribution in [1.29, 1.82) is 0 Å². The first-order chi connectivity index (χ1) is 13.7. The summed E-state index contributed by atoms with van der Waals surface area (Å²) in [5, 5.41) is 19.2. The number of likely N-dealkylation sites (N-methyl/N-ethyl adjacent to an activating group) is 1. The maximum atomic E-state index is 13.1. The van der Waals surface area contributed by atoms with Gasteiger partial charge in [-0.15, -0.1) is 0 Å². The number of carbonyl (C=O) groups excluding carboxylic acids is 2. The molecule has 2 aliphatic rings. The highest BCUT2D eigenvalue weighted by molar-refractivity contribution is 6.40. The molecule has 0 radical (unpaired) electrons. The Kier molecular flexibility index (Phi) is 4.19. The first kappa shape index (κ1) is 18.7. The molecule has 0 aromatic heterocycles. The van der Waals surface area contributed by atoms with Gasteiger partial charge in [0.1, 0.15) is 5.71 Å². The van der Waals surface area contributed by atoms with Crippen LogP contribution in [-0.4, -0.2) is 29.8 Å². The first-order valence-corrected chi connectivity index (χ1v) is 9.29. The fourth-order valence-corrected chi connectivity index (χ4v) is 3.47. The Labute approximate surface area is 168 Å². The van der Waals surface area contributed by atoms with Crippen LogP contribution in [0.2, 0.25) is 0 Å². The highest BCUT2D eigenvalue weighted by Crippen LogP contribution is 2.42. The number of allylic oxidation sites excluding steroid dienone is 1. The largest absolute Gasteiger partial charge is 0.410 e. The van der Waals surface area contributed by atoms with Crippen molar-refractivity contribution in [3.63, 3.8) is 0 Å². The van der Waals surface area contributed by atoms with E-state index in [0.29, 0.717) is 28.2 Å². The van der Waals surface area contributed by atoms with Crippen molar-refractivity contribution in [3.8, 4) is 0 Å². The van der Waals surface area contributed by atoms with Gasteiger partial charge in [-0.05, 0) is 24.3 Å². The zero-order valence-electron chi connectivity index (χ0n) is 16.7. The predicted octanol–water partition coefficient (Wildman–Crippen LogP) is 3.66. The van der Waals surface area contributed by atoms with Crippen LogP contribution in [0.3, 0.4) is 0 Å². The Balaban J connectivity index is 1.84. The van der Waals surface area contributed by atoms with Gasteiger partial charge < -0.3 is 20.7 Å². The summed E-state index contributed by atoms with van der Waals surface area (Å²) in [7, 11) is 1.69. The van der Waals surface area contributed by atoms with Crippen molar-refractivity contribution in [2.75, 3.05) is 22.6 Å². The van der Waals surface area contributed by atoms with E-state index in [1.54, 1.807) is 30.1 Å². The molecule has 2 amide bonds. The Morgan fingerprint density at radius 3 is 2.55 bits per heavy atom. The lowest BCUT2D eigenvalue weighted by atomic mass is 9.95. The highest BCUT2D eigenvalue weighted by atomic mass is 16.4. The van der Waals surface area contributed by atoms with E-state index in [-0.39, 0.29) is 11.8 Å². The van der Waals surface area contributed by atoms with E-state index in [1.165, 1.54) is 0 Å². The van der Waals surface area contributed by atoms with E-state index in [2.05, 4.69) is 15.8 Å². The normalized spacial score (nSPS) is 19.2. The molecule has 7 heteroatoms. The molecule has 2 aliphatic heterocycles. The molecule has 3 N–H and O–H groups in total. The van der Waals surface area contributed by atoms with Gasteiger partial charge in [0.25, 0.3) is 5.91 Å². The predicted molar refractivity (Wildman–Crippen MR) is 113 cm³/mol. The van der Waals surface area contributed by atoms with Crippen molar-refractivity contribution in [2.45, 2.75) is 20.8 Å². The molecule has 2 aromatic carbocycles. The monoisotopic (exact) mass is 390 g/mol. The van der Waals surface area contributed by atoms with Gasteiger partial charge in [0.05, 0.1) is 17.0 Å². The second kappa shape index (κ2) is 6.48. The summed E-state index contributed by atoms with van der Waals surface area (Å²) in [6, 6.07) is 12.8. The van der Waals surface area contributed by atoms with Crippen LogP contribution in [0.25, 0.3) is 5.57 Å².